The molecule has 1 aliphatic rings. The normalized spacial score (nSPS) is 21.4. The molecule has 0 fully saturated rings. The standard InChI is InChI=1S/C9H18N2O3S/c1-3-10-6-7-11(9(10)2)5-4-8-15(12,13)14/h6-7,9H,3-5,8H2,1-2H3,(H,12,13,14). The first-order chi connectivity index (χ1) is 6.94. The van der Waals surface area contributed by atoms with Crippen molar-refractivity contribution in [3.63, 3.8) is 0 Å². The van der Waals surface area contributed by atoms with Gasteiger partial charge in [0.15, 0.2) is 0 Å². The van der Waals surface area contributed by atoms with Crippen LogP contribution < -0.4 is 0 Å². The molecule has 0 saturated heterocycles. The first-order valence-electron chi connectivity index (χ1n) is 5.09. The molecule has 0 amide bonds. The minimum atomic E-state index is -3.82. The van der Waals surface area contributed by atoms with Crippen molar-refractivity contribution in [2.24, 2.45) is 0 Å². The molecule has 0 radical (unpaired) electrons. The van der Waals surface area contributed by atoms with E-state index >= 15 is 0 Å². The molecule has 5 nitrogen and oxygen atoms in total. The monoisotopic (exact) mass is 234 g/mol. The highest BCUT2D eigenvalue weighted by Gasteiger charge is 2.20. The highest BCUT2D eigenvalue weighted by molar-refractivity contribution is 7.85. The van der Waals surface area contributed by atoms with Crippen LogP contribution in [-0.4, -0.2) is 47.8 Å². The Balaban J connectivity index is 2.33. The van der Waals surface area contributed by atoms with Gasteiger partial charge in [-0.3, -0.25) is 4.55 Å². The van der Waals surface area contributed by atoms with Crippen LogP contribution in [0.4, 0.5) is 0 Å². The smallest absolute Gasteiger partial charge is 0.264 e. The molecule has 6 heteroatoms. The zero-order valence-electron chi connectivity index (χ0n) is 9.13. The molecule has 1 aliphatic heterocycles. The van der Waals surface area contributed by atoms with Gasteiger partial charge in [0.1, 0.15) is 0 Å². The second kappa shape index (κ2) is 4.85. The minimum absolute atomic E-state index is 0.170. The lowest BCUT2D eigenvalue weighted by atomic mass is 10.4. The summed E-state index contributed by atoms with van der Waals surface area (Å²) >= 11 is 0. The van der Waals surface area contributed by atoms with Gasteiger partial charge in [-0.25, -0.2) is 0 Å². The average molecular weight is 234 g/mol. The molecule has 88 valence electrons. The summed E-state index contributed by atoms with van der Waals surface area (Å²) in [5, 5.41) is 0. The van der Waals surface area contributed by atoms with Crippen molar-refractivity contribution in [2.45, 2.75) is 26.4 Å². The zero-order chi connectivity index (χ0) is 11.5. The lowest BCUT2D eigenvalue weighted by Crippen LogP contribution is -2.36. The van der Waals surface area contributed by atoms with Gasteiger partial charge < -0.3 is 9.80 Å². The summed E-state index contributed by atoms with van der Waals surface area (Å²) in [4.78, 5) is 4.22. The molecule has 1 rings (SSSR count). The highest BCUT2D eigenvalue weighted by atomic mass is 32.2. The van der Waals surface area contributed by atoms with Crippen molar-refractivity contribution >= 4 is 10.1 Å². The molecule has 1 unspecified atom stereocenters. The van der Waals surface area contributed by atoms with E-state index in [1.807, 2.05) is 12.4 Å². The topological polar surface area (TPSA) is 60.9 Å². The molecule has 0 spiro atoms. The van der Waals surface area contributed by atoms with E-state index in [4.69, 9.17) is 4.55 Å². The first-order valence-corrected chi connectivity index (χ1v) is 6.70. The Kier molecular flexibility index (Phi) is 3.98. The maximum atomic E-state index is 10.5. The molecule has 0 aliphatic carbocycles. The average Bonchev–Trinajstić information content (AvgIpc) is 2.46. The zero-order valence-corrected chi connectivity index (χ0v) is 9.94. The third-order valence-corrected chi connectivity index (χ3v) is 3.40. The highest BCUT2D eigenvalue weighted by Crippen LogP contribution is 2.14. The van der Waals surface area contributed by atoms with E-state index in [0.29, 0.717) is 13.0 Å². The lowest BCUT2D eigenvalue weighted by Gasteiger charge is -2.28. The van der Waals surface area contributed by atoms with Gasteiger partial charge in [0.05, 0.1) is 11.9 Å². The van der Waals surface area contributed by atoms with Crippen molar-refractivity contribution in [3.8, 4) is 0 Å². The predicted octanol–water partition coefficient (Wildman–Crippen LogP) is 0.719. The Bertz CT molecular complexity index is 326. The van der Waals surface area contributed by atoms with Gasteiger partial charge in [0, 0.05) is 25.5 Å². The van der Waals surface area contributed by atoms with Gasteiger partial charge in [-0.05, 0) is 20.3 Å². The SMILES string of the molecule is CCN1C=CN(CCCS(=O)(=O)O)C1C. The Morgan fingerprint density at radius 1 is 1.33 bits per heavy atom. The van der Waals surface area contributed by atoms with Crippen LogP contribution in [0.25, 0.3) is 0 Å². The Morgan fingerprint density at radius 3 is 2.40 bits per heavy atom. The molecule has 15 heavy (non-hydrogen) atoms. The van der Waals surface area contributed by atoms with E-state index in [2.05, 4.69) is 23.6 Å². The molecular formula is C9H18N2O3S. The number of hydrogen-bond donors (Lipinski definition) is 1. The Morgan fingerprint density at radius 2 is 1.93 bits per heavy atom. The van der Waals surface area contributed by atoms with Crippen molar-refractivity contribution in [2.75, 3.05) is 18.8 Å². The summed E-state index contributed by atoms with van der Waals surface area (Å²) in [6.45, 7) is 5.72. The summed E-state index contributed by atoms with van der Waals surface area (Å²) in [7, 11) is -3.82. The van der Waals surface area contributed by atoms with Gasteiger partial charge in [0.2, 0.25) is 0 Å². The maximum absolute atomic E-state index is 10.5. The van der Waals surface area contributed by atoms with E-state index in [1.54, 1.807) is 0 Å². The van der Waals surface area contributed by atoms with Crippen molar-refractivity contribution in [1.82, 2.24) is 9.80 Å². The van der Waals surface area contributed by atoms with Crippen molar-refractivity contribution in [1.29, 1.82) is 0 Å². The van der Waals surface area contributed by atoms with Crippen molar-refractivity contribution in [3.05, 3.63) is 12.4 Å². The Labute approximate surface area is 91.1 Å². The van der Waals surface area contributed by atoms with E-state index in [1.165, 1.54) is 0 Å². The molecular weight excluding hydrogens is 216 g/mol. The van der Waals surface area contributed by atoms with E-state index in [0.717, 1.165) is 6.54 Å². The minimum Gasteiger partial charge on any atom is -0.357 e. The van der Waals surface area contributed by atoms with Crippen LogP contribution in [-0.2, 0) is 10.1 Å². The van der Waals surface area contributed by atoms with Gasteiger partial charge in [-0.2, -0.15) is 8.42 Å². The fraction of sp³-hybridized carbons (Fsp3) is 0.778. The van der Waals surface area contributed by atoms with E-state index < -0.39 is 10.1 Å². The molecule has 0 aromatic rings. The van der Waals surface area contributed by atoms with Crippen LogP contribution in [0.15, 0.2) is 12.4 Å². The van der Waals surface area contributed by atoms with Crippen molar-refractivity contribution < 1.29 is 13.0 Å². The summed E-state index contributed by atoms with van der Waals surface area (Å²) in [5.41, 5.74) is 0. The van der Waals surface area contributed by atoms with Gasteiger partial charge in [0.25, 0.3) is 10.1 Å². The quantitative estimate of drug-likeness (QED) is 0.710. The van der Waals surface area contributed by atoms with Gasteiger partial charge in [-0.1, -0.05) is 0 Å². The number of rotatable bonds is 5. The van der Waals surface area contributed by atoms with Crippen LogP contribution in [0.1, 0.15) is 20.3 Å². The summed E-state index contributed by atoms with van der Waals surface area (Å²) < 4.78 is 29.6. The molecule has 0 aromatic heterocycles. The van der Waals surface area contributed by atoms with E-state index in [9.17, 15) is 8.42 Å². The largest absolute Gasteiger partial charge is 0.357 e. The van der Waals surface area contributed by atoms with Crippen LogP contribution in [0.3, 0.4) is 0 Å². The van der Waals surface area contributed by atoms with Crippen LogP contribution in [0.2, 0.25) is 0 Å². The molecule has 0 saturated carbocycles. The third kappa shape index (κ3) is 3.71. The molecule has 0 aromatic carbocycles. The number of hydrogen-bond acceptors (Lipinski definition) is 4. The Hall–Kier alpha value is -0.750. The summed E-state index contributed by atoms with van der Waals surface area (Å²) in [5.74, 6) is -0.170. The maximum Gasteiger partial charge on any atom is 0.264 e. The second-order valence-electron chi connectivity index (χ2n) is 3.64. The summed E-state index contributed by atoms with van der Waals surface area (Å²) in [6, 6.07) is 0. The molecule has 1 atom stereocenters. The van der Waals surface area contributed by atoms with Crippen LogP contribution >= 0.6 is 0 Å². The molecule has 0 bridgehead atoms. The third-order valence-electron chi connectivity index (χ3n) is 2.59. The lowest BCUT2D eigenvalue weighted by molar-refractivity contribution is 0.176. The molecule has 1 heterocycles. The van der Waals surface area contributed by atoms with Crippen LogP contribution in [0, 0.1) is 0 Å². The molecule has 1 N–H and O–H groups in total. The number of nitrogens with zero attached hydrogens (tertiary/aromatic N) is 2. The van der Waals surface area contributed by atoms with E-state index in [-0.39, 0.29) is 11.9 Å². The van der Waals surface area contributed by atoms with Crippen LogP contribution in [0.5, 0.6) is 0 Å². The predicted molar refractivity (Wildman–Crippen MR) is 58.7 cm³/mol. The van der Waals surface area contributed by atoms with Gasteiger partial charge in [-0.15, -0.1) is 0 Å². The fourth-order valence-corrected chi connectivity index (χ4v) is 2.17. The van der Waals surface area contributed by atoms with Gasteiger partial charge >= 0.3 is 0 Å². The fourth-order valence-electron chi connectivity index (χ4n) is 1.67. The second-order valence-corrected chi connectivity index (χ2v) is 5.21. The first kappa shape index (κ1) is 12.3. The summed E-state index contributed by atoms with van der Waals surface area (Å²) in [6.07, 6.45) is 4.68.